The van der Waals surface area contributed by atoms with Crippen molar-refractivity contribution in [2.45, 2.75) is 118 Å². The number of aryl methyl sites for hydroxylation is 3. The number of oxazole rings is 3. The Hall–Kier alpha value is -11.5. The van der Waals surface area contributed by atoms with E-state index in [1.807, 2.05) is 51.1 Å². The molecule has 0 saturated heterocycles. The average Bonchev–Trinajstić information content (AvgIpc) is 1.01. The minimum absolute atomic E-state index is 0.00403. The SMILES string of the molecule is COc1cc(C2CCC2)c(C)cc1-n1c(=O)ccc2cc(S(=O)(=O)Nc3ncco3)ccc21.COc1ccc(CN(c2ncco2)S(=O)(=O)c2ccc3c(ccc(=O)n3-c3cc(C)c(Br)cc3OC)c2)c(OC)c1.COc1ccc(CN(c2ncco2)S(=O)(=O)c2ccc3c(ccc(=O)n3-c3cc(C)c(C4CCC4)cc3OC)c2)c(OC)c1.[CH-]1CCC1.[Zn+][Br]. The third-order valence-electron chi connectivity index (χ3n) is 21.8. The standard InChI is InChI=1S/C33H33N3O7S.C29H26BrN3O7S.C24H23N3O5S.C4H7.BrH.Zn/c1-21-16-29(31(42-4)19-27(21)22-6-5-7-22)36-28-12-11-26(17-23(28)9-13-32(36)37)44(38,39)35(33-34-14-15-43-33)20-24-8-10-25(40-2)18-30(24)41-3;1-18-13-25(27(39-4)16-23(18)30)33-24-9-8-22(14-19(24)6-10-28(33)34)41(35,36)32(29-31-11-12-40-29)17-20-5-7-21(37-2)15-26(20)38-3;1-15-12-21(22(31-2)14-19(15)16-4-3-5-16)27-20-8-7-18(13-17(20)6-9-23(27)28)33(29,30)26-24-25-10-11-32-24;1-2-4-3-1;;/h8-19,22H,5-7,20H2,1-4H3;5-16H,17H2,1-4H3;6-14,16H,3-5H2,1-2H3,(H,25,26);1H,2-4H2;1H;/q;;;-1;;+2/p-1. The van der Waals surface area contributed by atoms with Crippen molar-refractivity contribution < 1.29 is 88.0 Å². The Labute approximate surface area is 742 Å². The van der Waals surface area contributed by atoms with Crippen LogP contribution in [0.2, 0.25) is 0 Å². The molecule has 14 aromatic rings. The molecule has 6 aromatic heterocycles. The van der Waals surface area contributed by atoms with Crippen LogP contribution in [0.1, 0.15) is 109 Å². The van der Waals surface area contributed by atoms with Crippen LogP contribution in [-0.4, -0.2) is 104 Å². The molecule has 0 spiro atoms. The zero-order valence-electron chi connectivity index (χ0n) is 69.6. The molecule has 6 heterocycles. The van der Waals surface area contributed by atoms with Crippen molar-refractivity contribution in [1.29, 1.82) is 0 Å². The molecule has 1 N–H and O–H groups in total. The quantitative estimate of drug-likeness (QED) is 0.0410. The van der Waals surface area contributed by atoms with E-state index in [2.05, 4.69) is 55.6 Å². The third-order valence-corrected chi connectivity index (χ3v) is 27.4. The first-order valence-electron chi connectivity index (χ1n) is 39.3. The van der Waals surface area contributed by atoms with Gasteiger partial charge >= 0.3 is 48.0 Å². The van der Waals surface area contributed by atoms with E-state index in [1.165, 1.54) is 178 Å². The van der Waals surface area contributed by atoms with Crippen LogP contribution >= 0.6 is 29.6 Å². The Bertz CT molecular complexity index is 6760. The molecule has 0 unspecified atom stereocenters. The number of ether oxygens (including phenoxy) is 7. The fourth-order valence-electron chi connectivity index (χ4n) is 14.6. The van der Waals surface area contributed by atoms with Crippen LogP contribution in [0.5, 0.6) is 40.2 Å². The normalized spacial score (nSPS) is 13.2. The number of pyridine rings is 3. The second-order valence-electron chi connectivity index (χ2n) is 29.1. The summed E-state index contributed by atoms with van der Waals surface area (Å²) in [4.78, 5) is 51.4. The number of methoxy groups -OCH3 is 7. The number of halogens is 2. The van der Waals surface area contributed by atoms with Gasteiger partial charge in [-0.25, -0.2) is 53.5 Å². The molecule has 0 aliphatic heterocycles. The minimum atomic E-state index is -4.20. The van der Waals surface area contributed by atoms with Crippen LogP contribution in [0.4, 0.5) is 18.0 Å². The van der Waals surface area contributed by atoms with Gasteiger partial charge in [-0.1, -0.05) is 28.8 Å². The van der Waals surface area contributed by atoms with Gasteiger partial charge in [0.25, 0.3) is 46.7 Å². The van der Waals surface area contributed by atoms with E-state index in [0.29, 0.717) is 113 Å². The molecule has 3 aliphatic rings. The van der Waals surface area contributed by atoms with Crippen molar-refractivity contribution in [2.75, 3.05) is 63.1 Å². The Balaban J connectivity index is 0.000000156. The molecule has 3 aliphatic carbocycles. The fourth-order valence-corrected chi connectivity index (χ4v) is 18.7. The topological polar surface area (TPSA) is 330 Å². The van der Waals surface area contributed by atoms with Gasteiger partial charge in [-0.15, -0.1) is 6.42 Å². The van der Waals surface area contributed by atoms with Gasteiger partial charge in [0, 0.05) is 62.1 Å². The third kappa shape index (κ3) is 19.2. The molecule has 17 rings (SSSR count). The van der Waals surface area contributed by atoms with Crippen molar-refractivity contribution >= 4 is 110 Å². The summed E-state index contributed by atoms with van der Waals surface area (Å²) >= 11 is 7.75. The predicted octanol–water partition coefficient (Wildman–Crippen LogP) is 18.0. The molecule has 124 heavy (non-hydrogen) atoms. The van der Waals surface area contributed by atoms with E-state index < -0.39 is 30.1 Å². The number of sulfonamides is 3. The van der Waals surface area contributed by atoms with Crippen LogP contribution in [0.25, 0.3) is 49.8 Å². The molecule has 34 heteroatoms. The average molecular weight is 1920 g/mol. The second kappa shape index (κ2) is 39.5. The summed E-state index contributed by atoms with van der Waals surface area (Å²) in [6.07, 6.45) is 21.6. The summed E-state index contributed by atoms with van der Waals surface area (Å²) in [5.74, 6) is 4.74. The van der Waals surface area contributed by atoms with Gasteiger partial charge in [-0.3, -0.25) is 28.1 Å². The number of hydrogen-bond acceptors (Lipinski definition) is 22. The van der Waals surface area contributed by atoms with Crippen molar-refractivity contribution in [3.8, 4) is 57.3 Å². The number of anilines is 3. The maximum atomic E-state index is 14.2. The molecule has 3 fully saturated rings. The van der Waals surface area contributed by atoms with Gasteiger partial charge in [0.15, 0.2) is 0 Å². The number of aromatic nitrogens is 6. The molecule has 0 radical (unpaired) electrons. The Kier molecular flexibility index (Phi) is 28.8. The Morgan fingerprint density at radius 3 is 1.14 bits per heavy atom. The molecule has 0 atom stereocenters. The van der Waals surface area contributed by atoms with Crippen LogP contribution in [0.3, 0.4) is 0 Å². The molecular formula is C90H89Br2N9O19S3Zn. The molecular weight excluding hydrogens is 1830 g/mol. The van der Waals surface area contributed by atoms with Gasteiger partial charge < -0.3 is 52.8 Å². The summed E-state index contributed by atoms with van der Waals surface area (Å²) in [6, 6.07) is 44.4. The van der Waals surface area contributed by atoms with E-state index in [9.17, 15) is 39.6 Å². The maximum absolute atomic E-state index is 14.2. The molecule has 3 saturated carbocycles. The summed E-state index contributed by atoms with van der Waals surface area (Å²) in [6.45, 7) is 5.77. The number of rotatable bonds is 25. The van der Waals surface area contributed by atoms with E-state index >= 15 is 0 Å². The summed E-state index contributed by atoms with van der Waals surface area (Å²) in [7, 11) is -1.53. The van der Waals surface area contributed by atoms with Gasteiger partial charge in [0.2, 0.25) is 0 Å². The van der Waals surface area contributed by atoms with Crippen molar-refractivity contribution in [2.24, 2.45) is 0 Å². The zero-order valence-corrected chi connectivity index (χ0v) is 78.2. The van der Waals surface area contributed by atoms with Crippen molar-refractivity contribution in [3.05, 3.63) is 282 Å². The number of hydrogen-bond donors (Lipinski definition) is 1. The van der Waals surface area contributed by atoms with Crippen LogP contribution in [-0.2, 0) is 59.5 Å². The van der Waals surface area contributed by atoms with E-state index in [4.69, 9.17) is 46.4 Å². The van der Waals surface area contributed by atoms with Gasteiger partial charge in [0.05, 0.1) is 130 Å². The molecule has 8 aromatic carbocycles. The molecule has 0 bridgehead atoms. The summed E-state index contributed by atoms with van der Waals surface area (Å²) in [5, 5.41) is 1.68. The fraction of sp³-hybridized carbons (Fsp3) is 0.256. The first-order chi connectivity index (χ1) is 59.8. The number of nitrogens with one attached hydrogen (secondary N) is 1. The number of nitrogens with zero attached hydrogens (tertiary/aromatic N) is 8. The van der Waals surface area contributed by atoms with Crippen LogP contribution in [0.15, 0.2) is 248 Å². The predicted molar refractivity (Wildman–Crippen MR) is 477 cm³/mol. The first kappa shape index (κ1) is 90.2. The van der Waals surface area contributed by atoms with Crippen LogP contribution < -0.4 is 63.2 Å². The van der Waals surface area contributed by atoms with Gasteiger partial charge in [-0.05, 0) is 220 Å². The monoisotopic (exact) mass is 1920 g/mol. The molecule has 0 amide bonds. The number of fused-ring (bicyclic) bond motifs is 3. The summed E-state index contributed by atoms with van der Waals surface area (Å²) in [5.41, 5.74) is 9.35. The molecule has 28 nitrogen and oxygen atoms in total. The Morgan fingerprint density at radius 2 is 0.798 bits per heavy atom. The molecule has 642 valence electrons. The van der Waals surface area contributed by atoms with E-state index in [1.54, 1.807) is 115 Å². The van der Waals surface area contributed by atoms with Crippen molar-refractivity contribution in [3.63, 3.8) is 0 Å². The van der Waals surface area contributed by atoms with E-state index in [0.717, 1.165) is 55.5 Å². The second-order valence-corrected chi connectivity index (χ2v) is 35.4. The van der Waals surface area contributed by atoms with Gasteiger partial charge in [0.1, 0.15) is 59.0 Å². The Morgan fingerprint density at radius 1 is 0.435 bits per heavy atom. The van der Waals surface area contributed by atoms with E-state index in [-0.39, 0.29) is 62.5 Å². The van der Waals surface area contributed by atoms with Crippen molar-refractivity contribution in [1.82, 2.24) is 28.7 Å². The van der Waals surface area contributed by atoms with Gasteiger partial charge in [-0.2, -0.15) is 12.8 Å². The summed E-state index contributed by atoms with van der Waals surface area (Å²) < 4.78 is 146. The number of benzene rings is 8. The zero-order chi connectivity index (χ0) is 88.3. The first-order valence-corrected chi connectivity index (χ1v) is 51.4. The van der Waals surface area contributed by atoms with Crippen LogP contribution in [0, 0.1) is 27.2 Å².